The molecule has 0 aliphatic heterocycles. The molecule has 0 radical (unpaired) electrons. The zero-order valence-electron chi connectivity index (χ0n) is 12.2. The maximum Gasteiger partial charge on any atom is 0.360 e. The van der Waals surface area contributed by atoms with E-state index in [4.69, 9.17) is 9.47 Å². The Labute approximate surface area is 117 Å². The lowest BCUT2D eigenvalue weighted by molar-refractivity contribution is -0.124. The summed E-state index contributed by atoms with van der Waals surface area (Å²) in [7, 11) is 1.56. The third-order valence-electron chi connectivity index (χ3n) is 2.75. The number of nitrogens with one attached hydrogen (secondary N) is 1. The van der Waals surface area contributed by atoms with E-state index in [1.165, 1.54) is 4.68 Å². The smallest absolute Gasteiger partial charge is 0.360 e. The predicted molar refractivity (Wildman–Crippen MR) is 70.3 cm³/mol. The lowest BCUT2D eigenvalue weighted by Gasteiger charge is -2.13. The summed E-state index contributed by atoms with van der Waals surface area (Å²) < 4.78 is 11.1. The highest BCUT2D eigenvalue weighted by Gasteiger charge is 2.23. The number of hydrogen-bond acceptors (Lipinski definition) is 6. The number of methoxy groups -OCH3 is 1. The fourth-order valence-corrected chi connectivity index (χ4v) is 1.63. The molecule has 1 aromatic heterocycles. The number of aromatic nitrogens is 3. The van der Waals surface area contributed by atoms with Crippen LogP contribution in [0.1, 0.15) is 36.1 Å². The second-order valence-corrected chi connectivity index (χ2v) is 4.15. The van der Waals surface area contributed by atoms with Crippen LogP contribution in [0.3, 0.4) is 0 Å². The van der Waals surface area contributed by atoms with Gasteiger partial charge in [0.05, 0.1) is 18.9 Å². The van der Waals surface area contributed by atoms with Gasteiger partial charge in [0.25, 0.3) is 0 Å². The highest BCUT2D eigenvalue weighted by Crippen LogP contribution is 2.12. The van der Waals surface area contributed by atoms with E-state index in [0.717, 1.165) is 0 Å². The first-order valence-corrected chi connectivity index (χ1v) is 6.38. The molecule has 8 nitrogen and oxygen atoms in total. The van der Waals surface area contributed by atoms with E-state index in [9.17, 15) is 9.59 Å². The van der Waals surface area contributed by atoms with E-state index < -0.39 is 12.0 Å². The van der Waals surface area contributed by atoms with Crippen molar-refractivity contribution in [3.05, 3.63) is 11.4 Å². The van der Waals surface area contributed by atoms with Gasteiger partial charge in [-0.15, -0.1) is 5.10 Å². The zero-order valence-corrected chi connectivity index (χ0v) is 12.2. The lowest BCUT2D eigenvalue weighted by atomic mass is 10.2. The van der Waals surface area contributed by atoms with Crippen LogP contribution in [0.5, 0.6) is 0 Å². The summed E-state index contributed by atoms with van der Waals surface area (Å²) in [6, 6.07) is -0.567. The van der Waals surface area contributed by atoms with Gasteiger partial charge in [-0.25, -0.2) is 9.48 Å². The van der Waals surface area contributed by atoms with Crippen molar-refractivity contribution in [3.63, 3.8) is 0 Å². The van der Waals surface area contributed by atoms with Gasteiger partial charge in [0.2, 0.25) is 5.91 Å². The van der Waals surface area contributed by atoms with E-state index in [2.05, 4.69) is 15.6 Å². The molecule has 1 heterocycles. The second-order valence-electron chi connectivity index (χ2n) is 4.15. The highest BCUT2D eigenvalue weighted by molar-refractivity contribution is 5.88. The van der Waals surface area contributed by atoms with Crippen LogP contribution < -0.4 is 5.32 Å². The van der Waals surface area contributed by atoms with Crippen LogP contribution in [0.2, 0.25) is 0 Å². The lowest BCUT2D eigenvalue weighted by Crippen LogP contribution is -2.34. The molecule has 1 aromatic rings. The fraction of sp³-hybridized carbons (Fsp3) is 0.667. The Morgan fingerprint density at radius 2 is 2.15 bits per heavy atom. The van der Waals surface area contributed by atoms with Crippen molar-refractivity contribution in [2.24, 2.45) is 0 Å². The van der Waals surface area contributed by atoms with E-state index in [0.29, 0.717) is 18.8 Å². The maximum atomic E-state index is 11.9. The number of carbonyl (C=O) groups is 2. The van der Waals surface area contributed by atoms with Crippen LogP contribution in [0.25, 0.3) is 0 Å². The van der Waals surface area contributed by atoms with Crippen LogP contribution in [-0.4, -0.2) is 53.7 Å². The fourth-order valence-electron chi connectivity index (χ4n) is 1.63. The van der Waals surface area contributed by atoms with E-state index in [1.807, 2.05) is 0 Å². The molecule has 20 heavy (non-hydrogen) atoms. The third kappa shape index (κ3) is 3.77. The highest BCUT2D eigenvalue weighted by atomic mass is 16.5. The average Bonchev–Trinajstić information content (AvgIpc) is 2.80. The van der Waals surface area contributed by atoms with Crippen molar-refractivity contribution in [1.82, 2.24) is 20.3 Å². The number of hydrogen-bond donors (Lipinski definition) is 1. The summed E-state index contributed by atoms with van der Waals surface area (Å²) in [6.07, 6.45) is 0. The monoisotopic (exact) mass is 284 g/mol. The molecule has 0 aliphatic carbocycles. The Bertz CT molecular complexity index is 472. The molecular formula is C12H20N4O4. The van der Waals surface area contributed by atoms with Gasteiger partial charge in [-0.1, -0.05) is 5.21 Å². The summed E-state index contributed by atoms with van der Waals surface area (Å²) >= 11 is 0. The molecule has 0 saturated carbocycles. The van der Waals surface area contributed by atoms with Gasteiger partial charge in [0.15, 0.2) is 5.69 Å². The third-order valence-corrected chi connectivity index (χ3v) is 2.75. The predicted octanol–water partition coefficient (Wildman–Crippen LogP) is 0.0868. The van der Waals surface area contributed by atoms with Crippen LogP contribution in [0.4, 0.5) is 0 Å². The number of esters is 1. The molecule has 1 rings (SSSR count). The molecule has 8 heteroatoms. The minimum atomic E-state index is -0.567. The molecule has 0 aromatic carbocycles. The summed E-state index contributed by atoms with van der Waals surface area (Å²) in [5.41, 5.74) is 0.626. The molecule has 0 spiro atoms. The molecule has 0 saturated heterocycles. The normalized spacial score (nSPS) is 12.0. The van der Waals surface area contributed by atoms with Crippen molar-refractivity contribution in [2.75, 3.05) is 26.9 Å². The number of nitrogens with zero attached hydrogens (tertiary/aromatic N) is 3. The molecular weight excluding hydrogens is 264 g/mol. The average molecular weight is 284 g/mol. The van der Waals surface area contributed by atoms with Gasteiger partial charge in [-0.2, -0.15) is 0 Å². The van der Waals surface area contributed by atoms with Gasteiger partial charge in [0.1, 0.15) is 6.04 Å². The first kappa shape index (κ1) is 16.1. The van der Waals surface area contributed by atoms with Crippen molar-refractivity contribution < 1.29 is 19.1 Å². The summed E-state index contributed by atoms with van der Waals surface area (Å²) in [4.78, 5) is 23.5. The topological polar surface area (TPSA) is 95.3 Å². The Kier molecular flexibility index (Phi) is 6.10. The van der Waals surface area contributed by atoms with Gasteiger partial charge >= 0.3 is 5.97 Å². The number of ether oxygens (including phenoxy) is 2. The maximum absolute atomic E-state index is 11.9. The van der Waals surface area contributed by atoms with Gasteiger partial charge in [0, 0.05) is 13.7 Å². The second kappa shape index (κ2) is 7.59. The molecule has 1 atom stereocenters. The molecule has 0 bridgehead atoms. The van der Waals surface area contributed by atoms with Crippen LogP contribution in [-0.2, 0) is 14.3 Å². The Morgan fingerprint density at radius 1 is 1.45 bits per heavy atom. The molecule has 112 valence electrons. The zero-order chi connectivity index (χ0) is 15.1. The Hall–Kier alpha value is -1.96. The van der Waals surface area contributed by atoms with Crippen molar-refractivity contribution >= 4 is 11.9 Å². The largest absolute Gasteiger partial charge is 0.461 e. The summed E-state index contributed by atoms with van der Waals surface area (Å²) in [5, 5.41) is 10.3. The van der Waals surface area contributed by atoms with Crippen LogP contribution >= 0.6 is 0 Å². The number of carbonyl (C=O) groups excluding carboxylic acids is 2. The molecule has 0 aliphatic rings. The van der Waals surface area contributed by atoms with E-state index in [-0.39, 0.29) is 18.2 Å². The minimum absolute atomic E-state index is 0.128. The van der Waals surface area contributed by atoms with E-state index in [1.54, 1.807) is 27.9 Å². The SMILES string of the molecule is CCOC(=O)c1nnn(C(C)C(=O)NCCOC)c1C. The van der Waals surface area contributed by atoms with Gasteiger partial charge in [-0.05, 0) is 20.8 Å². The molecule has 1 amide bonds. The first-order valence-electron chi connectivity index (χ1n) is 6.38. The van der Waals surface area contributed by atoms with Crippen LogP contribution in [0.15, 0.2) is 0 Å². The minimum Gasteiger partial charge on any atom is -0.461 e. The quantitative estimate of drug-likeness (QED) is 0.563. The molecule has 1 N–H and O–H groups in total. The van der Waals surface area contributed by atoms with E-state index >= 15 is 0 Å². The summed E-state index contributed by atoms with van der Waals surface area (Å²) in [6.45, 7) is 6.17. The number of rotatable bonds is 7. The standard InChI is InChI=1S/C12H20N4O4/c1-5-20-12(18)10-8(2)16(15-14-10)9(3)11(17)13-6-7-19-4/h9H,5-7H2,1-4H3,(H,13,17). The molecule has 1 unspecified atom stereocenters. The van der Waals surface area contributed by atoms with Crippen molar-refractivity contribution in [3.8, 4) is 0 Å². The Morgan fingerprint density at radius 3 is 2.75 bits per heavy atom. The van der Waals surface area contributed by atoms with Crippen LogP contribution in [0, 0.1) is 6.92 Å². The van der Waals surface area contributed by atoms with Crippen molar-refractivity contribution in [2.45, 2.75) is 26.8 Å². The number of amides is 1. The first-order chi connectivity index (χ1) is 9.52. The summed E-state index contributed by atoms with van der Waals surface area (Å²) in [5.74, 6) is -0.756. The van der Waals surface area contributed by atoms with Crippen molar-refractivity contribution in [1.29, 1.82) is 0 Å². The van der Waals surface area contributed by atoms with Gasteiger partial charge < -0.3 is 14.8 Å². The Balaban J connectivity index is 2.76. The van der Waals surface area contributed by atoms with Gasteiger partial charge in [-0.3, -0.25) is 4.79 Å². The molecule has 0 fully saturated rings.